The van der Waals surface area contributed by atoms with Gasteiger partial charge in [-0.25, -0.2) is 4.79 Å². The van der Waals surface area contributed by atoms with Gasteiger partial charge in [0, 0.05) is 30.7 Å². The fourth-order valence-corrected chi connectivity index (χ4v) is 3.63. The Balaban J connectivity index is 1.72. The van der Waals surface area contributed by atoms with Crippen LogP contribution in [0.15, 0.2) is 0 Å². The summed E-state index contributed by atoms with van der Waals surface area (Å²) in [5.74, 6) is 0. The zero-order valence-electron chi connectivity index (χ0n) is 14.7. The van der Waals surface area contributed by atoms with Gasteiger partial charge in [-0.2, -0.15) is 0 Å². The van der Waals surface area contributed by atoms with Gasteiger partial charge in [0.15, 0.2) is 0 Å². The largest absolute Gasteiger partial charge is 0.444 e. The highest BCUT2D eigenvalue weighted by atomic mass is 16.6. The first-order valence-electron chi connectivity index (χ1n) is 8.61. The number of nitrogens with one attached hydrogen (secondary N) is 2. The summed E-state index contributed by atoms with van der Waals surface area (Å²) in [7, 11) is 0. The highest BCUT2D eigenvalue weighted by Crippen LogP contribution is 2.57. The topological polar surface area (TPSA) is 59.6 Å². The fourth-order valence-electron chi connectivity index (χ4n) is 3.63. The standard InChI is InChI=1S/C17H32N2O3/c1-6-21-14-10-13(17(14)8-7-9-17)19-12(2)11-18-15(20)22-16(3,4)5/h12-14,19H,6-11H2,1-5H3,(H,18,20). The Kier molecular flexibility index (Phi) is 5.38. The second kappa shape index (κ2) is 6.75. The van der Waals surface area contributed by atoms with E-state index in [-0.39, 0.29) is 12.1 Å². The first-order chi connectivity index (χ1) is 10.3. The molecule has 5 nitrogen and oxygen atoms in total. The molecule has 5 heteroatoms. The van der Waals surface area contributed by atoms with Gasteiger partial charge in [0.25, 0.3) is 0 Å². The van der Waals surface area contributed by atoms with Crippen molar-refractivity contribution in [2.75, 3.05) is 13.2 Å². The Labute approximate surface area is 134 Å². The van der Waals surface area contributed by atoms with E-state index in [1.165, 1.54) is 19.3 Å². The lowest BCUT2D eigenvalue weighted by Gasteiger charge is -2.61. The van der Waals surface area contributed by atoms with Crippen LogP contribution in [0.1, 0.15) is 60.3 Å². The molecular weight excluding hydrogens is 280 g/mol. The van der Waals surface area contributed by atoms with Crippen LogP contribution in [0.5, 0.6) is 0 Å². The van der Waals surface area contributed by atoms with Crippen LogP contribution >= 0.6 is 0 Å². The maximum atomic E-state index is 11.7. The van der Waals surface area contributed by atoms with Gasteiger partial charge >= 0.3 is 6.09 Å². The summed E-state index contributed by atoms with van der Waals surface area (Å²) < 4.78 is 11.1. The molecule has 22 heavy (non-hydrogen) atoms. The van der Waals surface area contributed by atoms with Gasteiger partial charge in [0.1, 0.15) is 5.60 Å². The van der Waals surface area contributed by atoms with Gasteiger partial charge in [-0.15, -0.1) is 0 Å². The number of carbonyl (C=O) groups excluding carboxylic acids is 1. The molecule has 1 amide bonds. The first kappa shape index (κ1) is 17.5. The van der Waals surface area contributed by atoms with Crippen LogP contribution in [0.2, 0.25) is 0 Å². The molecule has 2 aliphatic rings. The number of amides is 1. The Morgan fingerprint density at radius 1 is 1.36 bits per heavy atom. The van der Waals surface area contributed by atoms with E-state index in [9.17, 15) is 4.79 Å². The third kappa shape index (κ3) is 3.93. The lowest BCUT2D eigenvalue weighted by atomic mass is 9.51. The summed E-state index contributed by atoms with van der Waals surface area (Å²) in [4.78, 5) is 11.7. The predicted octanol–water partition coefficient (Wildman–Crippen LogP) is 2.84. The molecule has 0 heterocycles. The molecule has 2 fully saturated rings. The molecule has 0 radical (unpaired) electrons. The molecule has 0 saturated heterocycles. The van der Waals surface area contributed by atoms with E-state index >= 15 is 0 Å². The molecular formula is C17H32N2O3. The van der Waals surface area contributed by atoms with Gasteiger partial charge in [-0.1, -0.05) is 6.42 Å². The summed E-state index contributed by atoms with van der Waals surface area (Å²) in [5.41, 5.74) is -0.0917. The van der Waals surface area contributed by atoms with Crippen LogP contribution in [0.3, 0.4) is 0 Å². The van der Waals surface area contributed by atoms with E-state index in [0.29, 0.717) is 24.1 Å². The van der Waals surface area contributed by atoms with Crippen LogP contribution in [0.25, 0.3) is 0 Å². The van der Waals surface area contributed by atoms with Crippen molar-refractivity contribution < 1.29 is 14.3 Å². The normalized spacial score (nSPS) is 27.7. The molecule has 2 rings (SSSR count). The summed E-state index contributed by atoms with van der Waals surface area (Å²) in [5, 5.41) is 6.50. The average Bonchev–Trinajstić information content (AvgIpc) is 2.31. The predicted molar refractivity (Wildman–Crippen MR) is 86.9 cm³/mol. The van der Waals surface area contributed by atoms with Crippen LogP contribution < -0.4 is 10.6 Å². The molecule has 128 valence electrons. The molecule has 2 saturated carbocycles. The summed E-state index contributed by atoms with van der Waals surface area (Å²) in [6.45, 7) is 11.2. The van der Waals surface area contributed by atoms with Crippen molar-refractivity contribution in [2.24, 2.45) is 5.41 Å². The Morgan fingerprint density at radius 2 is 2.05 bits per heavy atom. The van der Waals surface area contributed by atoms with Crippen molar-refractivity contribution in [1.29, 1.82) is 0 Å². The minimum atomic E-state index is -0.449. The zero-order chi connectivity index (χ0) is 16.4. The van der Waals surface area contributed by atoms with Gasteiger partial charge in [0.2, 0.25) is 0 Å². The number of carbonyl (C=O) groups is 1. The fraction of sp³-hybridized carbons (Fsp3) is 0.941. The minimum absolute atomic E-state index is 0.234. The van der Waals surface area contributed by atoms with Gasteiger partial charge in [-0.05, 0) is 53.9 Å². The summed E-state index contributed by atoms with van der Waals surface area (Å²) >= 11 is 0. The van der Waals surface area contributed by atoms with E-state index in [4.69, 9.17) is 9.47 Å². The molecule has 0 aliphatic heterocycles. The molecule has 0 aromatic heterocycles. The monoisotopic (exact) mass is 312 g/mol. The first-order valence-corrected chi connectivity index (χ1v) is 8.61. The highest BCUT2D eigenvalue weighted by Gasteiger charge is 2.58. The van der Waals surface area contributed by atoms with Crippen LogP contribution in [0.4, 0.5) is 4.79 Å². The van der Waals surface area contributed by atoms with E-state index in [1.54, 1.807) is 0 Å². The smallest absolute Gasteiger partial charge is 0.407 e. The van der Waals surface area contributed by atoms with Crippen molar-refractivity contribution >= 4 is 6.09 Å². The summed E-state index contributed by atoms with van der Waals surface area (Å²) in [6, 6.07) is 0.755. The molecule has 3 unspecified atom stereocenters. The molecule has 0 aromatic carbocycles. The summed E-state index contributed by atoms with van der Waals surface area (Å²) in [6.07, 6.45) is 5.01. The van der Waals surface area contributed by atoms with E-state index in [1.807, 2.05) is 20.8 Å². The third-order valence-corrected chi connectivity index (χ3v) is 4.87. The molecule has 0 aromatic rings. The number of hydrogen-bond acceptors (Lipinski definition) is 4. The van der Waals surface area contributed by atoms with Crippen molar-refractivity contribution in [1.82, 2.24) is 10.6 Å². The molecule has 3 atom stereocenters. The Morgan fingerprint density at radius 3 is 2.55 bits per heavy atom. The molecule has 1 spiro atoms. The van der Waals surface area contributed by atoms with Crippen molar-refractivity contribution in [3.05, 3.63) is 0 Å². The van der Waals surface area contributed by atoms with Crippen molar-refractivity contribution in [3.8, 4) is 0 Å². The maximum absolute atomic E-state index is 11.7. The number of hydrogen-bond donors (Lipinski definition) is 2. The minimum Gasteiger partial charge on any atom is -0.444 e. The van der Waals surface area contributed by atoms with E-state index in [2.05, 4.69) is 24.5 Å². The lowest BCUT2D eigenvalue weighted by Crippen LogP contribution is -2.68. The van der Waals surface area contributed by atoms with Gasteiger partial charge in [-0.3, -0.25) is 0 Å². The highest BCUT2D eigenvalue weighted by molar-refractivity contribution is 5.67. The number of ether oxygens (including phenoxy) is 2. The van der Waals surface area contributed by atoms with Crippen molar-refractivity contribution in [3.63, 3.8) is 0 Å². The van der Waals surface area contributed by atoms with Gasteiger partial charge in [0.05, 0.1) is 6.10 Å². The second-order valence-electron chi connectivity index (χ2n) is 7.77. The quantitative estimate of drug-likeness (QED) is 0.792. The van der Waals surface area contributed by atoms with Crippen LogP contribution in [-0.4, -0.2) is 43.0 Å². The van der Waals surface area contributed by atoms with Crippen LogP contribution in [0, 0.1) is 5.41 Å². The zero-order valence-corrected chi connectivity index (χ0v) is 14.7. The SMILES string of the molecule is CCOC1CC(NC(C)CNC(=O)OC(C)(C)C)C12CCC2. The third-order valence-electron chi connectivity index (χ3n) is 4.87. The average molecular weight is 312 g/mol. The molecule has 2 N–H and O–H groups in total. The van der Waals surface area contributed by atoms with E-state index in [0.717, 1.165) is 13.0 Å². The maximum Gasteiger partial charge on any atom is 0.407 e. The Bertz CT molecular complexity index is 388. The second-order valence-corrected chi connectivity index (χ2v) is 7.77. The molecule has 0 bridgehead atoms. The number of alkyl carbamates (subject to hydrolysis) is 1. The number of rotatable bonds is 6. The van der Waals surface area contributed by atoms with E-state index < -0.39 is 5.60 Å². The van der Waals surface area contributed by atoms with Gasteiger partial charge < -0.3 is 20.1 Å². The molecule has 2 aliphatic carbocycles. The van der Waals surface area contributed by atoms with Crippen molar-refractivity contribution in [2.45, 2.75) is 84.1 Å². The van der Waals surface area contributed by atoms with Crippen LogP contribution in [-0.2, 0) is 9.47 Å². The Hall–Kier alpha value is -0.810. The lowest BCUT2D eigenvalue weighted by molar-refractivity contribution is -0.174.